The number of ether oxygens (including phenoxy) is 3. The molecule has 1 aliphatic heterocycles. The van der Waals surface area contributed by atoms with Gasteiger partial charge in [0.05, 0.1) is 24.5 Å². The van der Waals surface area contributed by atoms with Gasteiger partial charge in [-0.15, -0.1) is 0 Å². The Morgan fingerprint density at radius 2 is 0.971 bits per heavy atom. The van der Waals surface area contributed by atoms with E-state index in [1.165, 1.54) is 193 Å². The summed E-state index contributed by atoms with van der Waals surface area (Å²) in [6, 6.07) is 9.30. The standard InChI is InChI=1S/C60H109NO8/c1-4-6-8-10-12-14-16-18-19-20-21-22-23-24-25-26-27-29-31-33-35-37-42-46-56(63)61-53(54(62)45-41-36-34-32-30-28-17-15-13-11-9-7-5-2)49-68-60-59(66)58(65)57(64)55(69-60)50-67-51(3)47-48-52-43-39-38-40-44-52/h38-40,43-44,53-55,57-60,62,64-66H,3-37,41-42,45-50H2,1-2H3,(H,61,63). The average molecular weight is 973 g/mol. The van der Waals surface area contributed by atoms with E-state index >= 15 is 0 Å². The van der Waals surface area contributed by atoms with E-state index < -0.39 is 42.9 Å². The molecule has 1 saturated heterocycles. The molecule has 0 spiro atoms. The summed E-state index contributed by atoms with van der Waals surface area (Å²) in [5.41, 5.74) is 1.15. The monoisotopic (exact) mass is 972 g/mol. The maximum absolute atomic E-state index is 13.3. The smallest absolute Gasteiger partial charge is 0.220 e. The van der Waals surface area contributed by atoms with Crippen LogP contribution in [0.3, 0.4) is 0 Å². The van der Waals surface area contributed by atoms with Gasteiger partial charge in [0.15, 0.2) is 6.29 Å². The molecule has 0 aliphatic carbocycles. The van der Waals surface area contributed by atoms with Gasteiger partial charge in [-0.1, -0.05) is 275 Å². The Morgan fingerprint density at radius 3 is 1.41 bits per heavy atom. The molecule has 5 N–H and O–H groups in total. The number of aliphatic hydroxyl groups is 4. The zero-order valence-electron chi connectivity index (χ0n) is 44.8. The lowest BCUT2D eigenvalue weighted by molar-refractivity contribution is -0.303. The Labute approximate surface area is 424 Å². The highest BCUT2D eigenvalue weighted by atomic mass is 16.7. The maximum atomic E-state index is 13.3. The van der Waals surface area contributed by atoms with Crippen molar-refractivity contribution in [3.05, 3.63) is 48.2 Å². The van der Waals surface area contributed by atoms with Crippen LogP contribution in [0.1, 0.15) is 270 Å². The van der Waals surface area contributed by atoms with Crippen LogP contribution in [0.25, 0.3) is 0 Å². The van der Waals surface area contributed by atoms with E-state index in [-0.39, 0.29) is 19.1 Å². The van der Waals surface area contributed by atoms with Gasteiger partial charge >= 0.3 is 0 Å². The Balaban J connectivity index is 1.68. The second-order valence-corrected chi connectivity index (χ2v) is 21.0. The highest BCUT2D eigenvalue weighted by Crippen LogP contribution is 2.25. The molecule has 1 fully saturated rings. The molecule has 69 heavy (non-hydrogen) atoms. The maximum Gasteiger partial charge on any atom is 0.220 e. The molecule has 9 heteroatoms. The third-order valence-electron chi connectivity index (χ3n) is 14.5. The second kappa shape index (κ2) is 44.7. The van der Waals surface area contributed by atoms with E-state index in [1.807, 2.05) is 30.3 Å². The number of carbonyl (C=O) groups is 1. The minimum atomic E-state index is -1.53. The second-order valence-electron chi connectivity index (χ2n) is 21.0. The van der Waals surface area contributed by atoms with Crippen molar-refractivity contribution in [2.75, 3.05) is 13.2 Å². The number of rotatable bonds is 49. The van der Waals surface area contributed by atoms with Gasteiger partial charge in [0.2, 0.25) is 5.91 Å². The fourth-order valence-corrected chi connectivity index (χ4v) is 9.76. The number of aryl methyl sites for hydroxylation is 1. The van der Waals surface area contributed by atoms with Gasteiger partial charge in [-0.25, -0.2) is 0 Å². The molecule has 0 saturated carbocycles. The molecular weight excluding hydrogens is 863 g/mol. The average Bonchev–Trinajstić information content (AvgIpc) is 3.35. The van der Waals surface area contributed by atoms with Gasteiger partial charge in [-0.2, -0.15) is 0 Å². The molecule has 1 heterocycles. The largest absolute Gasteiger partial charge is 0.496 e. The quantitative estimate of drug-likeness (QED) is 0.0322. The number of amides is 1. The summed E-state index contributed by atoms with van der Waals surface area (Å²) in [7, 11) is 0. The van der Waals surface area contributed by atoms with E-state index in [1.54, 1.807) is 0 Å². The lowest BCUT2D eigenvalue weighted by Gasteiger charge is -2.40. The highest BCUT2D eigenvalue weighted by Gasteiger charge is 2.45. The van der Waals surface area contributed by atoms with Gasteiger partial charge in [0.1, 0.15) is 31.0 Å². The van der Waals surface area contributed by atoms with Crippen LogP contribution in [0.4, 0.5) is 0 Å². The number of hydrogen-bond acceptors (Lipinski definition) is 8. The molecule has 2 rings (SSSR count). The number of nitrogens with one attached hydrogen (secondary N) is 1. The Hall–Kier alpha value is -2.01. The number of benzene rings is 1. The molecule has 1 aliphatic rings. The summed E-state index contributed by atoms with van der Waals surface area (Å²) in [5.74, 6) is 0.393. The van der Waals surface area contributed by atoms with Gasteiger partial charge in [-0.3, -0.25) is 4.79 Å². The first-order chi connectivity index (χ1) is 33.8. The molecule has 0 aromatic heterocycles. The van der Waals surface area contributed by atoms with Crippen LogP contribution in [0.15, 0.2) is 42.7 Å². The summed E-state index contributed by atoms with van der Waals surface area (Å²) in [5, 5.41) is 46.8. The van der Waals surface area contributed by atoms with E-state index in [2.05, 4.69) is 25.7 Å². The normalized spacial score (nSPS) is 19.1. The number of allylic oxidation sites excluding steroid dienone is 1. The molecule has 0 radical (unpaired) electrons. The zero-order chi connectivity index (χ0) is 49.8. The molecular formula is C60H109NO8. The summed E-state index contributed by atoms with van der Waals surface area (Å²) in [4.78, 5) is 13.3. The summed E-state index contributed by atoms with van der Waals surface area (Å²) < 4.78 is 17.8. The molecule has 402 valence electrons. The van der Waals surface area contributed by atoms with E-state index in [0.29, 0.717) is 25.0 Å². The van der Waals surface area contributed by atoms with Crippen LogP contribution in [-0.2, 0) is 25.4 Å². The Bertz CT molecular complexity index is 1300. The van der Waals surface area contributed by atoms with Gasteiger partial charge in [0, 0.05) is 12.8 Å². The van der Waals surface area contributed by atoms with Gasteiger partial charge in [-0.05, 0) is 24.8 Å². The van der Waals surface area contributed by atoms with Crippen molar-refractivity contribution in [1.82, 2.24) is 5.32 Å². The Kier molecular flexibility index (Phi) is 40.9. The third-order valence-corrected chi connectivity index (χ3v) is 14.5. The van der Waals surface area contributed by atoms with Gasteiger partial charge in [0.25, 0.3) is 0 Å². The summed E-state index contributed by atoms with van der Waals surface area (Å²) in [6.07, 6.45) is 41.3. The molecule has 9 nitrogen and oxygen atoms in total. The molecule has 7 unspecified atom stereocenters. The fourth-order valence-electron chi connectivity index (χ4n) is 9.76. The van der Waals surface area contributed by atoms with Crippen molar-refractivity contribution in [3.63, 3.8) is 0 Å². The first-order valence-corrected chi connectivity index (χ1v) is 29.4. The van der Waals surface area contributed by atoms with Crippen LogP contribution in [0.5, 0.6) is 0 Å². The first kappa shape index (κ1) is 63.1. The van der Waals surface area contributed by atoms with Gasteiger partial charge < -0.3 is 40.0 Å². The van der Waals surface area contributed by atoms with Crippen LogP contribution in [0, 0.1) is 0 Å². The third kappa shape index (κ3) is 34.1. The zero-order valence-corrected chi connectivity index (χ0v) is 44.8. The van der Waals surface area contributed by atoms with Crippen LogP contribution < -0.4 is 5.32 Å². The van der Waals surface area contributed by atoms with Crippen LogP contribution in [-0.4, -0.2) is 82.4 Å². The molecule has 7 atom stereocenters. The number of carbonyl (C=O) groups excluding carboxylic acids is 1. The molecule has 1 amide bonds. The van der Waals surface area contributed by atoms with Crippen molar-refractivity contribution in [2.45, 2.75) is 314 Å². The molecule has 1 aromatic rings. The minimum Gasteiger partial charge on any atom is -0.496 e. The van der Waals surface area contributed by atoms with Crippen molar-refractivity contribution in [2.24, 2.45) is 0 Å². The van der Waals surface area contributed by atoms with E-state index in [0.717, 1.165) is 50.5 Å². The summed E-state index contributed by atoms with van der Waals surface area (Å²) in [6.45, 7) is 8.35. The molecule has 0 bridgehead atoms. The minimum absolute atomic E-state index is 0.0835. The van der Waals surface area contributed by atoms with E-state index in [9.17, 15) is 25.2 Å². The first-order valence-electron chi connectivity index (χ1n) is 29.4. The van der Waals surface area contributed by atoms with Crippen LogP contribution in [0.2, 0.25) is 0 Å². The lowest BCUT2D eigenvalue weighted by atomic mass is 9.99. The topological polar surface area (TPSA) is 138 Å². The lowest BCUT2D eigenvalue weighted by Crippen LogP contribution is -2.60. The summed E-state index contributed by atoms with van der Waals surface area (Å²) >= 11 is 0. The Morgan fingerprint density at radius 1 is 0.565 bits per heavy atom. The van der Waals surface area contributed by atoms with Crippen molar-refractivity contribution in [1.29, 1.82) is 0 Å². The fraction of sp³-hybridized carbons (Fsp3) is 0.850. The SMILES string of the molecule is C=C(CCc1ccccc1)OCC1OC(OCC(NC(=O)CCCCCCCCCCCCCCCCCCCCCCCCC)C(O)CCCCCCCCCCCCCCC)C(O)C(O)C1O. The predicted molar refractivity (Wildman–Crippen MR) is 287 cm³/mol. The van der Waals surface area contributed by atoms with E-state index in [4.69, 9.17) is 14.2 Å². The van der Waals surface area contributed by atoms with Crippen LogP contribution >= 0.6 is 0 Å². The molecule has 1 aromatic carbocycles. The van der Waals surface area contributed by atoms with Crippen molar-refractivity contribution in [3.8, 4) is 0 Å². The number of hydrogen-bond donors (Lipinski definition) is 5. The highest BCUT2D eigenvalue weighted by molar-refractivity contribution is 5.76. The number of aliphatic hydroxyl groups excluding tert-OH is 4. The van der Waals surface area contributed by atoms with Crippen molar-refractivity contribution >= 4 is 5.91 Å². The van der Waals surface area contributed by atoms with Crippen molar-refractivity contribution < 1.29 is 39.4 Å². The number of unbranched alkanes of at least 4 members (excludes halogenated alkanes) is 34. The predicted octanol–water partition coefficient (Wildman–Crippen LogP) is 14.7.